The molecule has 24 heavy (non-hydrogen) atoms. The zero-order valence-corrected chi connectivity index (χ0v) is 15.0. The zero-order chi connectivity index (χ0) is 17.5. The van der Waals surface area contributed by atoms with Gasteiger partial charge in [-0.25, -0.2) is 4.79 Å². The number of hydrogen-bond donors (Lipinski definition) is 0. The molecule has 0 aromatic carbocycles. The van der Waals surface area contributed by atoms with E-state index in [4.69, 9.17) is 9.47 Å². The highest BCUT2D eigenvalue weighted by molar-refractivity contribution is 5.89. The second-order valence-corrected chi connectivity index (χ2v) is 7.67. The van der Waals surface area contributed by atoms with Crippen molar-refractivity contribution in [1.82, 2.24) is 4.90 Å². The maximum absolute atomic E-state index is 12.6. The van der Waals surface area contributed by atoms with Crippen LogP contribution in [0.2, 0.25) is 0 Å². The quantitative estimate of drug-likeness (QED) is 0.387. The highest BCUT2D eigenvalue weighted by atomic mass is 16.5. The van der Waals surface area contributed by atoms with Crippen molar-refractivity contribution in [3.8, 4) is 0 Å². The molecule has 5 nitrogen and oxygen atoms in total. The zero-order valence-electron chi connectivity index (χ0n) is 15.0. The highest BCUT2D eigenvalue weighted by Crippen LogP contribution is 2.36. The standard InChI is InChI=1S/C19H27NO4/c1-5-13-10-12(2)19(3,4)18(22)23-11-14-6-8-20-9-7-15(16(14)20)24-17(13)21/h5-6,12,15-16H,7-11H2,1-4H3/b13-5+/t12-,15-,16-/m1/s1. The molecule has 0 bridgehead atoms. The average Bonchev–Trinajstić information content (AvgIpc) is 3.12. The van der Waals surface area contributed by atoms with Crippen LogP contribution in [-0.2, 0) is 19.1 Å². The van der Waals surface area contributed by atoms with Crippen LogP contribution in [0.15, 0.2) is 23.3 Å². The summed E-state index contributed by atoms with van der Waals surface area (Å²) >= 11 is 0. The Hall–Kier alpha value is -1.62. The number of carbonyl (C=O) groups is 2. The van der Waals surface area contributed by atoms with Crippen LogP contribution in [0.5, 0.6) is 0 Å². The van der Waals surface area contributed by atoms with E-state index in [1.165, 1.54) is 0 Å². The molecule has 3 aliphatic rings. The third-order valence-electron chi connectivity index (χ3n) is 5.94. The Morgan fingerprint density at radius 1 is 1.33 bits per heavy atom. The molecular weight excluding hydrogens is 306 g/mol. The Kier molecular flexibility index (Phi) is 4.56. The first-order chi connectivity index (χ1) is 11.3. The summed E-state index contributed by atoms with van der Waals surface area (Å²) in [5, 5.41) is 0. The van der Waals surface area contributed by atoms with Gasteiger partial charge in [0, 0.05) is 18.7 Å². The van der Waals surface area contributed by atoms with Gasteiger partial charge in [-0.2, -0.15) is 0 Å². The molecule has 0 radical (unpaired) electrons. The lowest BCUT2D eigenvalue weighted by atomic mass is 9.76. The minimum Gasteiger partial charge on any atom is -0.461 e. The van der Waals surface area contributed by atoms with Gasteiger partial charge in [0.1, 0.15) is 12.7 Å². The molecule has 5 heteroatoms. The van der Waals surface area contributed by atoms with Crippen LogP contribution < -0.4 is 0 Å². The number of nitrogens with zero attached hydrogens (tertiary/aromatic N) is 1. The van der Waals surface area contributed by atoms with Crippen LogP contribution in [0.3, 0.4) is 0 Å². The smallest absolute Gasteiger partial charge is 0.334 e. The van der Waals surface area contributed by atoms with Gasteiger partial charge in [-0.1, -0.05) is 19.1 Å². The Balaban J connectivity index is 1.91. The van der Waals surface area contributed by atoms with Gasteiger partial charge in [-0.15, -0.1) is 0 Å². The van der Waals surface area contributed by atoms with Crippen LogP contribution in [0.25, 0.3) is 0 Å². The van der Waals surface area contributed by atoms with Crippen LogP contribution >= 0.6 is 0 Å². The fourth-order valence-electron chi connectivity index (χ4n) is 3.78. The summed E-state index contributed by atoms with van der Waals surface area (Å²) in [6, 6.07) is 0.0554. The SMILES string of the molecule is C/C=C1\C[C@@H](C)C(C)(C)C(=O)OCC2=CCN3CC[C@@H](OC1=O)[C@@H]23. The summed E-state index contributed by atoms with van der Waals surface area (Å²) in [4.78, 5) is 27.5. The first kappa shape index (κ1) is 17.2. The van der Waals surface area contributed by atoms with E-state index in [-0.39, 0.29) is 30.0 Å². The van der Waals surface area contributed by atoms with E-state index in [0.29, 0.717) is 18.6 Å². The average molecular weight is 333 g/mol. The molecule has 3 rings (SSSR count). The van der Waals surface area contributed by atoms with Crippen LogP contribution in [-0.4, -0.2) is 48.7 Å². The molecule has 0 saturated carbocycles. The number of cyclic esters (lactones) is 1. The van der Waals surface area contributed by atoms with Crippen LogP contribution in [0.1, 0.15) is 40.5 Å². The molecule has 0 spiro atoms. The first-order valence-electron chi connectivity index (χ1n) is 8.81. The molecule has 0 aliphatic carbocycles. The van der Waals surface area contributed by atoms with Gasteiger partial charge in [0.15, 0.2) is 0 Å². The van der Waals surface area contributed by atoms with Crippen molar-refractivity contribution in [2.24, 2.45) is 11.3 Å². The third kappa shape index (κ3) is 2.90. The first-order valence-corrected chi connectivity index (χ1v) is 8.81. The number of esters is 2. The fraction of sp³-hybridized carbons (Fsp3) is 0.684. The van der Waals surface area contributed by atoms with Crippen molar-refractivity contribution in [3.63, 3.8) is 0 Å². The van der Waals surface area contributed by atoms with Crippen molar-refractivity contribution in [2.45, 2.75) is 52.7 Å². The van der Waals surface area contributed by atoms with E-state index in [2.05, 4.69) is 11.0 Å². The van der Waals surface area contributed by atoms with Crippen molar-refractivity contribution in [2.75, 3.05) is 19.7 Å². The summed E-state index contributed by atoms with van der Waals surface area (Å²) < 4.78 is 11.5. The van der Waals surface area contributed by atoms with Gasteiger partial charge in [0.05, 0.1) is 11.5 Å². The largest absolute Gasteiger partial charge is 0.461 e. The van der Waals surface area contributed by atoms with E-state index in [0.717, 1.165) is 25.1 Å². The fourth-order valence-corrected chi connectivity index (χ4v) is 3.78. The minimum atomic E-state index is -0.651. The predicted octanol–water partition coefficient (Wildman–Crippen LogP) is 2.47. The molecule has 132 valence electrons. The Morgan fingerprint density at radius 2 is 2.08 bits per heavy atom. The molecular formula is C19H27NO4. The number of carbonyl (C=O) groups excluding carboxylic acids is 2. The van der Waals surface area contributed by atoms with Gasteiger partial charge < -0.3 is 9.47 Å². The number of hydrogen-bond acceptors (Lipinski definition) is 5. The van der Waals surface area contributed by atoms with Gasteiger partial charge in [0.2, 0.25) is 0 Å². The monoisotopic (exact) mass is 333 g/mol. The van der Waals surface area contributed by atoms with Crippen molar-refractivity contribution >= 4 is 11.9 Å². The molecule has 0 aromatic heterocycles. The molecule has 3 heterocycles. The summed E-state index contributed by atoms with van der Waals surface area (Å²) in [6.45, 7) is 9.64. The number of rotatable bonds is 0. The van der Waals surface area contributed by atoms with Crippen molar-refractivity contribution in [3.05, 3.63) is 23.3 Å². The third-order valence-corrected chi connectivity index (χ3v) is 5.94. The van der Waals surface area contributed by atoms with Gasteiger partial charge in [-0.05, 0) is 45.1 Å². The lowest BCUT2D eigenvalue weighted by molar-refractivity contribution is -0.157. The Labute approximate surface area is 143 Å². The highest BCUT2D eigenvalue weighted by Gasteiger charge is 2.44. The number of ether oxygens (including phenoxy) is 2. The van der Waals surface area contributed by atoms with Crippen LogP contribution in [0, 0.1) is 11.3 Å². The lowest BCUT2D eigenvalue weighted by Gasteiger charge is -2.32. The van der Waals surface area contributed by atoms with Crippen LogP contribution in [0.4, 0.5) is 0 Å². The molecule has 0 N–H and O–H groups in total. The second kappa shape index (κ2) is 6.36. The maximum Gasteiger partial charge on any atom is 0.334 e. The molecule has 2 saturated heterocycles. The number of allylic oxidation sites excluding steroid dienone is 1. The van der Waals surface area contributed by atoms with Crippen molar-refractivity contribution in [1.29, 1.82) is 0 Å². The van der Waals surface area contributed by atoms with E-state index >= 15 is 0 Å². The Morgan fingerprint density at radius 3 is 2.79 bits per heavy atom. The summed E-state index contributed by atoms with van der Waals surface area (Å²) in [5.74, 6) is -0.461. The Bertz CT molecular complexity index is 604. The minimum absolute atomic E-state index is 0.0170. The molecule has 3 atom stereocenters. The predicted molar refractivity (Wildman–Crippen MR) is 90.2 cm³/mol. The summed E-state index contributed by atoms with van der Waals surface area (Å²) in [5.41, 5.74) is 1.05. The van der Waals surface area contributed by atoms with Gasteiger partial charge >= 0.3 is 11.9 Å². The van der Waals surface area contributed by atoms with E-state index in [1.54, 1.807) is 0 Å². The normalized spacial score (nSPS) is 35.6. The molecule has 0 aromatic rings. The summed E-state index contributed by atoms with van der Waals surface area (Å²) in [6.07, 6.45) is 5.12. The van der Waals surface area contributed by atoms with E-state index in [1.807, 2.05) is 33.8 Å². The molecule has 3 aliphatic heterocycles. The molecule has 0 amide bonds. The van der Waals surface area contributed by atoms with E-state index < -0.39 is 5.41 Å². The van der Waals surface area contributed by atoms with Crippen molar-refractivity contribution < 1.29 is 19.1 Å². The molecule has 0 unspecified atom stereocenters. The lowest BCUT2D eigenvalue weighted by Crippen LogP contribution is -2.39. The maximum atomic E-state index is 12.6. The van der Waals surface area contributed by atoms with Gasteiger partial charge in [0.25, 0.3) is 0 Å². The second-order valence-electron chi connectivity index (χ2n) is 7.67. The topological polar surface area (TPSA) is 55.8 Å². The molecule has 2 fully saturated rings. The summed E-state index contributed by atoms with van der Waals surface area (Å²) in [7, 11) is 0. The van der Waals surface area contributed by atoms with E-state index in [9.17, 15) is 9.59 Å². The van der Waals surface area contributed by atoms with Gasteiger partial charge in [-0.3, -0.25) is 9.69 Å².